The average molecular weight is 103 g/mol. The van der Waals surface area contributed by atoms with Gasteiger partial charge in [-0.05, 0) is 26.2 Å². The molecular formula is C6H12F. The zero-order chi connectivity index (χ0) is 5.70. The Balaban J connectivity index is 2.68. The van der Waals surface area contributed by atoms with E-state index < -0.39 is 6.17 Å². The summed E-state index contributed by atoms with van der Waals surface area (Å²) in [6, 6.07) is 0. The minimum absolute atomic E-state index is 0.629. The van der Waals surface area contributed by atoms with Crippen LogP contribution in [-0.2, 0) is 0 Å². The van der Waals surface area contributed by atoms with Gasteiger partial charge in [0, 0.05) is 0 Å². The summed E-state index contributed by atoms with van der Waals surface area (Å²) in [5.74, 6) is 0. The molecule has 0 nitrogen and oxygen atoms in total. The largest absolute Gasteiger partial charge is 0.248 e. The van der Waals surface area contributed by atoms with E-state index in [9.17, 15) is 4.39 Å². The fraction of sp³-hybridized carbons (Fsp3) is 0.833. The molecule has 0 rings (SSSR count). The van der Waals surface area contributed by atoms with E-state index in [1.807, 2.05) is 13.3 Å². The fourth-order valence-electron chi connectivity index (χ4n) is 0.396. The second kappa shape index (κ2) is 4.10. The summed E-state index contributed by atoms with van der Waals surface area (Å²) in [6.45, 7) is 3.53. The van der Waals surface area contributed by atoms with Crippen molar-refractivity contribution in [2.24, 2.45) is 0 Å². The van der Waals surface area contributed by atoms with Crippen molar-refractivity contribution in [1.82, 2.24) is 0 Å². The van der Waals surface area contributed by atoms with Crippen LogP contribution in [0.15, 0.2) is 0 Å². The fourth-order valence-corrected chi connectivity index (χ4v) is 0.396. The molecule has 0 aliphatic carbocycles. The summed E-state index contributed by atoms with van der Waals surface area (Å²) in [5, 5.41) is 0. The zero-order valence-corrected chi connectivity index (χ0v) is 4.95. The van der Waals surface area contributed by atoms with Crippen molar-refractivity contribution in [2.75, 3.05) is 0 Å². The molecule has 1 atom stereocenters. The van der Waals surface area contributed by atoms with Gasteiger partial charge in [0.25, 0.3) is 0 Å². The van der Waals surface area contributed by atoms with Crippen LogP contribution in [0.5, 0.6) is 0 Å². The van der Waals surface area contributed by atoms with Crippen molar-refractivity contribution < 1.29 is 4.39 Å². The number of alkyl halides is 1. The Morgan fingerprint density at radius 3 is 2.43 bits per heavy atom. The maximum absolute atomic E-state index is 11.9. The van der Waals surface area contributed by atoms with Crippen LogP contribution in [-0.4, -0.2) is 6.17 Å². The first-order valence-electron chi connectivity index (χ1n) is 2.69. The minimum atomic E-state index is -0.629. The van der Waals surface area contributed by atoms with Crippen LogP contribution >= 0.6 is 0 Å². The Labute approximate surface area is 44.7 Å². The molecule has 0 N–H and O–H groups in total. The van der Waals surface area contributed by atoms with E-state index in [2.05, 4.69) is 0 Å². The monoisotopic (exact) mass is 103 g/mol. The summed E-state index contributed by atoms with van der Waals surface area (Å²) in [7, 11) is 0. The SMILES string of the molecule is C[CH]CCC(C)F. The molecular weight excluding hydrogens is 91.1 g/mol. The van der Waals surface area contributed by atoms with Crippen molar-refractivity contribution in [3.8, 4) is 0 Å². The van der Waals surface area contributed by atoms with Crippen LogP contribution in [0.25, 0.3) is 0 Å². The molecule has 0 heterocycles. The third-order valence-electron chi connectivity index (χ3n) is 0.853. The standard InChI is InChI=1S/C6H12F/c1-3-4-5-6(2)7/h3,6H,4-5H2,1-2H3. The predicted octanol–water partition coefficient (Wildman–Crippen LogP) is 2.35. The Kier molecular flexibility index (Phi) is 4.06. The molecule has 0 fully saturated rings. The highest BCUT2D eigenvalue weighted by Crippen LogP contribution is 2.00. The summed E-state index contributed by atoms with van der Waals surface area (Å²) < 4.78 is 11.9. The molecule has 0 spiro atoms. The number of hydrogen-bond donors (Lipinski definition) is 0. The maximum atomic E-state index is 11.9. The third kappa shape index (κ3) is 5.93. The van der Waals surface area contributed by atoms with E-state index in [0.29, 0.717) is 6.42 Å². The Bertz CT molecular complexity index is 33.2. The minimum Gasteiger partial charge on any atom is -0.248 e. The highest BCUT2D eigenvalue weighted by atomic mass is 19.1. The molecule has 0 aromatic heterocycles. The van der Waals surface area contributed by atoms with Crippen molar-refractivity contribution in [3.63, 3.8) is 0 Å². The van der Waals surface area contributed by atoms with Gasteiger partial charge in [-0.1, -0.05) is 6.92 Å². The van der Waals surface area contributed by atoms with Crippen molar-refractivity contribution >= 4 is 0 Å². The molecule has 0 aromatic carbocycles. The lowest BCUT2D eigenvalue weighted by Gasteiger charge is -1.95. The third-order valence-corrected chi connectivity index (χ3v) is 0.853. The van der Waals surface area contributed by atoms with E-state index in [1.165, 1.54) is 0 Å². The molecule has 0 saturated heterocycles. The lowest BCUT2D eigenvalue weighted by Crippen LogP contribution is -1.89. The topological polar surface area (TPSA) is 0 Å². The van der Waals surface area contributed by atoms with Crippen LogP contribution in [0.3, 0.4) is 0 Å². The number of unbranched alkanes of at least 4 members (excludes halogenated alkanes) is 1. The Hall–Kier alpha value is -0.0700. The van der Waals surface area contributed by atoms with Crippen LogP contribution in [0.4, 0.5) is 4.39 Å². The normalized spacial score (nSPS) is 14.1. The van der Waals surface area contributed by atoms with Gasteiger partial charge in [-0.3, -0.25) is 0 Å². The summed E-state index contributed by atoms with van der Waals surface area (Å²) >= 11 is 0. The molecule has 0 aliphatic rings. The van der Waals surface area contributed by atoms with Gasteiger partial charge in [0.1, 0.15) is 0 Å². The summed E-state index contributed by atoms with van der Waals surface area (Å²) in [5.41, 5.74) is 0. The molecule has 0 aliphatic heterocycles. The lowest BCUT2D eigenvalue weighted by molar-refractivity contribution is 0.341. The first-order valence-corrected chi connectivity index (χ1v) is 2.69. The summed E-state index contributed by atoms with van der Waals surface area (Å²) in [6.07, 6.45) is 2.93. The molecule has 43 valence electrons. The Morgan fingerprint density at radius 1 is 1.71 bits per heavy atom. The number of rotatable bonds is 3. The first kappa shape index (κ1) is 6.93. The first-order chi connectivity index (χ1) is 3.27. The maximum Gasteiger partial charge on any atom is 0.0973 e. The van der Waals surface area contributed by atoms with Crippen molar-refractivity contribution in [1.29, 1.82) is 0 Å². The molecule has 0 saturated carbocycles. The zero-order valence-electron chi connectivity index (χ0n) is 4.95. The average Bonchev–Trinajstić information content (AvgIpc) is 1.61. The van der Waals surface area contributed by atoms with Crippen LogP contribution < -0.4 is 0 Å². The van der Waals surface area contributed by atoms with Gasteiger partial charge < -0.3 is 0 Å². The highest BCUT2D eigenvalue weighted by Gasteiger charge is 1.93. The van der Waals surface area contributed by atoms with Crippen LogP contribution in [0.1, 0.15) is 26.7 Å². The van der Waals surface area contributed by atoms with E-state index in [-0.39, 0.29) is 0 Å². The van der Waals surface area contributed by atoms with Crippen molar-refractivity contribution in [3.05, 3.63) is 6.42 Å². The lowest BCUT2D eigenvalue weighted by atomic mass is 10.2. The predicted molar refractivity (Wildman–Crippen MR) is 29.8 cm³/mol. The van der Waals surface area contributed by atoms with Gasteiger partial charge in [-0.15, -0.1) is 0 Å². The van der Waals surface area contributed by atoms with E-state index >= 15 is 0 Å². The Morgan fingerprint density at radius 2 is 2.29 bits per heavy atom. The van der Waals surface area contributed by atoms with Crippen molar-refractivity contribution in [2.45, 2.75) is 32.9 Å². The molecule has 1 radical (unpaired) electrons. The summed E-state index contributed by atoms with van der Waals surface area (Å²) in [4.78, 5) is 0. The number of halogens is 1. The highest BCUT2D eigenvalue weighted by molar-refractivity contribution is 4.57. The molecule has 7 heavy (non-hydrogen) atoms. The van der Waals surface area contributed by atoms with E-state index in [4.69, 9.17) is 0 Å². The molecule has 0 bridgehead atoms. The second-order valence-electron chi connectivity index (χ2n) is 1.77. The van der Waals surface area contributed by atoms with Gasteiger partial charge in [0.05, 0.1) is 6.17 Å². The van der Waals surface area contributed by atoms with Crippen LogP contribution in [0.2, 0.25) is 0 Å². The quantitative estimate of drug-likeness (QED) is 0.514. The second-order valence-corrected chi connectivity index (χ2v) is 1.77. The molecule has 0 aromatic rings. The molecule has 1 heteroatoms. The van der Waals surface area contributed by atoms with Gasteiger partial charge in [0.15, 0.2) is 0 Å². The van der Waals surface area contributed by atoms with E-state index in [0.717, 1.165) is 6.42 Å². The van der Waals surface area contributed by atoms with Gasteiger partial charge >= 0.3 is 0 Å². The molecule has 1 unspecified atom stereocenters. The van der Waals surface area contributed by atoms with Crippen LogP contribution in [0, 0.1) is 6.42 Å². The van der Waals surface area contributed by atoms with Gasteiger partial charge in [0.2, 0.25) is 0 Å². The van der Waals surface area contributed by atoms with Gasteiger partial charge in [-0.2, -0.15) is 0 Å². The number of hydrogen-bond acceptors (Lipinski definition) is 0. The molecule has 0 amide bonds. The van der Waals surface area contributed by atoms with E-state index in [1.54, 1.807) is 6.92 Å². The van der Waals surface area contributed by atoms with Gasteiger partial charge in [-0.25, -0.2) is 4.39 Å². The smallest absolute Gasteiger partial charge is 0.0973 e.